The van der Waals surface area contributed by atoms with E-state index in [1.54, 1.807) is 0 Å². The predicted octanol–water partition coefficient (Wildman–Crippen LogP) is 4.08. The van der Waals surface area contributed by atoms with E-state index in [1.807, 2.05) is 17.5 Å². The van der Waals surface area contributed by atoms with Crippen LogP contribution in [0.15, 0.2) is 35.7 Å². The number of anilines is 1. The number of benzene rings is 1. The summed E-state index contributed by atoms with van der Waals surface area (Å²) >= 11 is 8.65. The van der Waals surface area contributed by atoms with Gasteiger partial charge in [0, 0.05) is 12.1 Å². The molecule has 0 spiro atoms. The van der Waals surface area contributed by atoms with E-state index in [1.165, 1.54) is 34.8 Å². The minimum Gasteiger partial charge on any atom is -0.296 e. The van der Waals surface area contributed by atoms with E-state index in [9.17, 15) is 14.9 Å². The summed E-state index contributed by atoms with van der Waals surface area (Å²) in [4.78, 5) is 23.4. The average molecular weight is 367 g/mol. The molecule has 0 saturated carbocycles. The zero-order valence-electron chi connectivity index (χ0n) is 11.2. The molecule has 2 aromatic heterocycles. The van der Waals surface area contributed by atoms with E-state index >= 15 is 0 Å². The van der Waals surface area contributed by atoms with Crippen molar-refractivity contribution in [3.8, 4) is 9.88 Å². The Morgan fingerprint density at radius 2 is 2.13 bits per heavy atom. The number of rotatable bonds is 4. The summed E-state index contributed by atoms with van der Waals surface area (Å²) in [6, 6.07) is 7.46. The number of amides is 1. The summed E-state index contributed by atoms with van der Waals surface area (Å²) in [7, 11) is 0. The van der Waals surface area contributed by atoms with Gasteiger partial charge in [-0.3, -0.25) is 20.2 Å². The zero-order valence-corrected chi connectivity index (χ0v) is 13.6. The number of nitrogens with zero attached hydrogens (tertiary/aromatic N) is 3. The van der Waals surface area contributed by atoms with Crippen LogP contribution in [0.25, 0.3) is 9.88 Å². The molecule has 116 valence electrons. The molecule has 0 radical (unpaired) electrons. The van der Waals surface area contributed by atoms with Gasteiger partial charge < -0.3 is 0 Å². The minimum atomic E-state index is -0.590. The molecule has 0 aliphatic carbocycles. The maximum atomic E-state index is 12.2. The fraction of sp³-hybridized carbons (Fsp3) is 0. The normalized spacial score (nSPS) is 10.5. The summed E-state index contributed by atoms with van der Waals surface area (Å²) in [5, 5.41) is 24.2. The average Bonchev–Trinajstić information content (AvgIpc) is 3.18. The third-order valence-corrected chi connectivity index (χ3v) is 4.99. The molecule has 2 heterocycles. The number of halogens is 1. The van der Waals surface area contributed by atoms with Crippen molar-refractivity contribution in [2.45, 2.75) is 0 Å². The van der Waals surface area contributed by atoms with Crippen molar-refractivity contribution >= 4 is 51.0 Å². The number of hydrogen-bond donors (Lipinski definition) is 1. The quantitative estimate of drug-likeness (QED) is 0.554. The summed E-state index contributed by atoms with van der Waals surface area (Å²) < 4.78 is 0. The van der Waals surface area contributed by atoms with Crippen LogP contribution in [-0.2, 0) is 0 Å². The second kappa shape index (κ2) is 6.41. The molecule has 1 N–H and O–H groups in total. The molecule has 10 heteroatoms. The van der Waals surface area contributed by atoms with Gasteiger partial charge in [-0.25, -0.2) is 0 Å². The highest BCUT2D eigenvalue weighted by molar-refractivity contribution is 7.23. The number of nitro groups is 1. The van der Waals surface area contributed by atoms with Crippen molar-refractivity contribution in [2.75, 3.05) is 5.32 Å². The Kier molecular flexibility index (Phi) is 4.33. The third kappa shape index (κ3) is 3.36. The summed E-state index contributed by atoms with van der Waals surface area (Å²) in [5.74, 6) is -0.576. The van der Waals surface area contributed by atoms with Gasteiger partial charge in [-0.15, -0.1) is 21.5 Å². The lowest BCUT2D eigenvalue weighted by atomic mass is 10.2. The highest BCUT2D eigenvalue weighted by Crippen LogP contribution is 2.30. The number of non-ortho nitro benzene ring substituents is 1. The van der Waals surface area contributed by atoms with Crippen LogP contribution in [0.2, 0.25) is 5.02 Å². The van der Waals surface area contributed by atoms with Crippen molar-refractivity contribution in [1.29, 1.82) is 0 Å². The SMILES string of the molecule is O=C(Nc1nnc(-c2cccs2)s1)c1cc([N+](=O)[O-])ccc1Cl. The van der Waals surface area contributed by atoms with Crippen LogP contribution >= 0.6 is 34.3 Å². The van der Waals surface area contributed by atoms with Crippen LogP contribution in [0, 0.1) is 10.1 Å². The van der Waals surface area contributed by atoms with Gasteiger partial charge in [0.25, 0.3) is 11.6 Å². The zero-order chi connectivity index (χ0) is 16.4. The summed E-state index contributed by atoms with van der Waals surface area (Å²) in [5.41, 5.74) is -0.204. The van der Waals surface area contributed by atoms with Crippen LogP contribution in [0.5, 0.6) is 0 Å². The van der Waals surface area contributed by atoms with Crippen molar-refractivity contribution in [3.05, 3.63) is 56.4 Å². The van der Waals surface area contributed by atoms with Crippen LogP contribution in [-0.4, -0.2) is 21.0 Å². The second-order valence-electron chi connectivity index (χ2n) is 4.27. The molecule has 1 aromatic carbocycles. The Hall–Kier alpha value is -2.36. The highest BCUT2D eigenvalue weighted by Gasteiger charge is 2.17. The molecule has 0 saturated heterocycles. The number of carbonyl (C=O) groups excluding carboxylic acids is 1. The fourth-order valence-corrected chi connectivity index (χ4v) is 3.47. The van der Waals surface area contributed by atoms with E-state index in [0.717, 1.165) is 10.9 Å². The van der Waals surface area contributed by atoms with Crippen molar-refractivity contribution in [2.24, 2.45) is 0 Å². The van der Waals surface area contributed by atoms with E-state index in [0.29, 0.717) is 10.1 Å². The van der Waals surface area contributed by atoms with Crippen molar-refractivity contribution in [3.63, 3.8) is 0 Å². The number of hydrogen-bond acceptors (Lipinski definition) is 7. The first-order valence-corrected chi connectivity index (χ1v) is 8.24. The first-order chi connectivity index (χ1) is 11.0. The molecule has 0 fully saturated rings. The standard InChI is InChI=1S/C13H7ClN4O3S2/c14-9-4-3-7(18(20)21)6-8(9)11(19)15-13-17-16-12(23-13)10-2-1-5-22-10/h1-6H,(H,15,17,19). The Bertz CT molecular complexity index is 879. The molecule has 7 nitrogen and oxygen atoms in total. The van der Waals surface area contributed by atoms with Gasteiger partial charge >= 0.3 is 0 Å². The van der Waals surface area contributed by atoms with E-state index < -0.39 is 10.8 Å². The number of carbonyl (C=O) groups is 1. The molecule has 3 aromatic rings. The lowest BCUT2D eigenvalue weighted by Crippen LogP contribution is -2.12. The van der Waals surface area contributed by atoms with Crippen molar-refractivity contribution in [1.82, 2.24) is 10.2 Å². The smallest absolute Gasteiger partial charge is 0.270 e. The largest absolute Gasteiger partial charge is 0.296 e. The monoisotopic (exact) mass is 366 g/mol. The van der Waals surface area contributed by atoms with Gasteiger partial charge in [0.2, 0.25) is 5.13 Å². The van der Waals surface area contributed by atoms with Crippen LogP contribution in [0.3, 0.4) is 0 Å². The van der Waals surface area contributed by atoms with Gasteiger partial charge in [-0.2, -0.15) is 0 Å². The van der Waals surface area contributed by atoms with Gasteiger partial charge in [0.05, 0.1) is 20.4 Å². The number of thiophene rings is 1. The lowest BCUT2D eigenvalue weighted by Gasteiger charge is -2.03. The molecular weight excluding hydrogens is 360 g/mol. The molecule has 0 aliphatic rings. The summed E-state index contributed by atoms with van der Waals surface area (Å²) in [6.45, 7) is 0. The maximum Gasteiger partial charge on any atom is 0.270 e. The molecule has 0 bridgehead atoms. The van der Waals surface area contributed by atoms with Gasteiger partial charge in [-0.1, -0.05) is 29.0 Å². The Morgan fingerprint density at radius 1 is 1.30 bits per heavy atom. The molecular formula is C13H7ClN4O3S2. The summed E-state index contributed by atoms with van der Waals surface area (Å²) in [6.07, 6.45) is 0. The topological polar surface area (TPSA) is 98.0 Å². The fourth-order valence-electron chi connectivity index (χ4n) is 1.74. The Labute approximate surface area is 142 Å². The van der Waals surface area contributed by atoms with E-state index in [2.05, 4.69) is 15.5 Å². The molecule has 3 rings (SSSR count). The molecule has 23 heavy (non-hydrogen) atoms. The van der Waals surface area contributed by atoms with Crippen LogP contribution < -0.4 is 5.32 Å². The van der Waals surface area contributed by atoms with Crippen LogP contribution in [0.1, 0.15) is 10.4 Å². The third-order valence-electron chi connectivity index (χ3n) is 2.78. The first-order valence-electron chi connectivity index (χ1n) is 6.17. The molecule has 1 amide bonds. The first kappa shape index (κ1) is 15.5. The van der Waals surface area contributed by atoms with Gasteiger partial charge in [-0.05, 0) is 17.5 Å². The molecule has 0 atom stereocenters. The van der Waals surface area contributed by atoms with E-state index in [4.69, 9.17) is 11.6 Å². The second-order valence-corrected chi connectivity index (χ2v) is 6.60. The Balaban J connectivity index is 1.82. The molecule has 0 unspecified atom stereocenters. The lowest BCUT2D eigenvalue weighted by molar-refractivity contribution is -0.384. The van der Waals surface area contributed by atoms with Gasteiger partial charge in [0.1, 0.15) is 0 Å². The highest BCUT2D eigenvalue weighted by atomic mass is 35.5. The number of nitrogens with one attached hydrogen (secondary N) is 1. The Morgan fingerprint density at radius 3 is 2.83 bits per heavy atom. The number of nitro benzene ring substituents is 1. The van der Waals surface area contributed by atoms with Crippen molar-refractivity contribution < 1.29 is 9.72 Å². The van der Waals surface area contributed by atoms with E-state index in [-0.39, 0.29) is 16.3 Å². The molecule has 0 aliphatic heterocycles. The van der Waals surface area contributed by atoms with Gasteiger partial charge in [0.15, 0.2) is 5.01 Å². The predicted molar refractivity (Wildman–Crippen MR) is 89.3 cm³/mol. The minimum absolute atomic E-state index is 0.00809. The van der Waals surface area contributed by atoms with Crippen LogP contribution in [0.4, 0.5) is 10.8 Å². The number of aromatic nitrogens is 2. The maximum absolute atomic E-state index is 12.2.